The predicted molar refractivity (Wildman–Crippen MR) is 63.8 cm³/mol. The first-order valence-electron chi connectivity index (χ1n) is 6.40. The third kappa shape index (κ3) is 2.71. The van der Waals surface area contributed by atoms with Gasteiger partial charge in [-0.05, 0) is 12.8 Å². The molecule has 18 heavy (non-hydrogen) atoms. The summed E-state index contributed by atoms with van der Waals surface area (Å²) in [6.45, 7) is 1.95. The Labute approximate surface area is 106 Å². The molecule has 2 amide bonds. The van der Waals surface area contributed by atoms with Gasteiger partial charge in [0.05, 0.1) is 31.8 Å². The molecule has 2 aliphatic rings. The maximum Gasteiger partial charge on any atom is 0.246 e. The van der Waals surface area contributed by atoms with Crippen LogP contribution in [0.4, 0.5) is 0 Å². The third-order valence-electron chi connectivity index (χ3n) is 3.72. The summed E-state index contributed by atoms with van der Waals surface area (Å²) in [6, 6.07) is -0.277. The van der Waals surface area contributed by atoms with E-state index in [1.54, 1.807) is 7.05 Å². The molecule has 0 aliphatic carbocycles. The molecular weight excluding hydrogens is 236 g/mol. The molecule has 2 fully saturated rings. The highest BCUT2D eigenvalue weighted by molar-refractivity contribution is 6.05. The number of hydrogen-bond acceptors (Lipinski definition) is 5. The Morgan fingerprint density at radius 1 is 1.33 bits per heavy atom. The zero-order valence-corrected chi connectivity index (χ0v) is 10.7. The van der Waals surface area contributed by atoms with Crippen molar-refractivity contribution in [2.24, 2.45) is 0 Å². The summed E-state index contributed by atoms with van der Waals surface area (Å²) in [5.41, 5.74) is 0. The minimum atomic E-state index is -0.277. The van der Waals surface area contributed by atoms with Gasteiger partial charge in [-0.1, -0.05) is 0 Å². The van der Waals surface area contributed by atoms with Gasteiger partial charge in [0.2, 0.25) is 11.8 Å². The van der Waals surface area contributed by atoms with Crippen molar-refractivity contribution in [3.63, 3.8) is 0 Å². The summed E-state index contributed by atoms with van der Waals surface area (Å²) in [7, 11) is 1.54. The van der Waals surface area contributed by atoms with E-state index in [4.69, 9.17) is 9.84 Å². The van der Waals surface area contributed by atoms with Crippen molar-refractivity contribution in [1.29, 1.82) is 0 Å². The normalized spacial score (nSPS) is 27.2. The number of carbonyl (C=O) groups excluding carboxylic acids is 2. The van der Waals surface area contributed by atoms with Crippen molar-refractivity contribution in [1.82, 2.24) is 9.80 Å². The molecule has 2 saturated heterocycles. The minimum Gasteiger partial charge on any atom is -0.394 e. The van der Waals surface area contributed by atoms with E-state index in [-0.39, 0.29) is 30.6 Å². The van der Waals surface area contributed by atoms with Gasteiger partial charge in [0.15, 0.2) is 0 Å². The summed E-state index contributed by atoms with van der Waals surface area (Å²) >= 11 is 0. The van der Waals surface area contributed by atoms with Crippen molar-refractivity contribution in [3.05, 3.63) is 0 Å². The van der Waals surface area contributed by atoms with Crippen LogP contribution in [0.5, 0.6) is 0 Å². The number of aliphatic hydroxyl groups excluding tert-OH is 1. The SMILES string of the molecule is CN1C(=O)CC(N2CCC(OCCO)CC2)C1=O. The van der Waals surface area contributed by atoms with Gasteiger partial charge >= 0.3 is 0 Å². The molecule has 0 saturated carbocycles. The first kappa shape index (κ1) is 13.5. The van der Waals surface area contributed by atoms with Crippen LogP contribution in [-0.4, -0.2) is 72.2 Å². The third-order valence-corrected chi connectivity index (χ3v) is 3.72. The molecule has 6 nitrogen and oxygen atoms in total. The number of aliphatic hydroxyl groups is 1. The molecule has 0 radical (unpaired) electrons. The lowest BCUT2D eigenvalue weighted by Crippen LogP contribution is -2.46. The van der Waals surface area contributed by atoms with Crippen LogP contribution in [0.2, 0.25) is 0 Å². The van der Waals surface area contributed by atoms with Gasteiger partial charge in [-0.2, -0.15) is 0 Å². The Kier molecular flexibility index (Phi) is 4.31. The average Bonchev–Trinajstić information content (AvgIpc) is 2.65. The summed E-state index contributed by atoms with van der Waals surface area (Å²) in [5.74, 6) is -0.182. The van der Waals surface area contributed by atoms with Crippen molar-refractivity contribution >= 4 is 11.8 Å². The van der Waals surface area contributed by atoms with Crippen LogP contribution in [0.1, 0.15) is 19.3 Å². The van der Waals surface area contributed by atoms with Crippen LogP contribution in [0, 0.1) is 0 Å². The van der Waals surface area contributed by atoms with Gasteiger partial charge in [-0.25, -0.2) is 0 Å². The zero-order chi connectivity index (χ0) is 13.1. The summed E-state index contributed by atoms with van der Waals surface area (Å²) in [4.78, 5) is 26.6. The lowest BCUT2D eigenvalue weighted by molar-refractivity contribution is -0.138. The largest absolute Gasteiger partial charge is 0.394 e. The second-order valence-corrected chi connectivity index (χ2v) is 4.84. The quantitative estimate of drug-likeness (QED) is 0.668. The Morgan fingerprint density at radius 3 is 2.50 bits per heavy atom. The van der Waals surface area contributed by atoms with E-state index < -0.39 is 0 Å². The lowest BCUT2D eigenvalue weighted by Gasteiger charge is -2.34. The molecule has 2 heterocycles. The molecule has 0 aromatic carbocycles. The number of piperidine rings is 1. The minimum absolute atomic E-state index is 0.0423. The fourth-order valence-corrected chi connectivity index (χ4v) is 2.59. The Hall–Kier alpha value is -0.980. The van der Waals surface area contributed by atoms with Crippen LogP contribution in [0.3, 0.4) is 0 Å². The Morgan fingerprint density at radius 2 is 2.00 bits per heavy atom. The van der Waals surface area contributed by atoms with Gasteiger partial charge in [-0.15, -0.1) is 0 Å². The number of hydrogen-bond donors (Lipinski definition) is 1. The van der Waals surface area contributed by atoms with E-state index in [1.807, 2.05) is 0 Å². The van der Waals surface area contributed by atoms with Crippen molar-refractivity contribution in [2.45, 2.75) is 31.4 Å². The van der Waals surface area contributed by atoms with Crippen molar-refractivity contribution < 1.29 is 19.4 Å². The lowest BCUT2D eigenvalue weighted by atomic mass is 10.0. The van der Waals surface area contributed by atoms with Crippen molar-refractivity contribution in [3.8, 4) is 0 Å². The van der Waals surface area contributed by atoms with E-state index in [0.717, 1.165) is 25.9 Å². The Balaban J connectivity index is 1.83. The van der Waals surface area contributed by atoms with Crippen molar-refractivity contribution in [2.75, 3.05) is 33.4 Å². The van der Waals surface area contributed by atoms with E-state index >= 15 is 0 Å². The van der Waals surface area contributed by atoms with E-state index in [1.165, 1.54) is 4.90 Å². The second-order valence-electron chi connectivity index (χ2n) is 4.84. The molecule has 2 aliphatic heterocycles. The highest BCUT2D eigenvalue weighted by Crippen LogP contribution is 2.22. The predicted octanol–water partition coefficient (Wildman–Crippen LogP) is -0.783. The molecule has 6 heteroatoms. The molecule has 2 rings (SSSR count). The molecule has 0 spiro atoms. The average molecular weight is 256 g/mol. The van der Waals surface area contributed by atoms with Crippen LogP contribution >= 0.6 is 0 Å². The molecule has 102 valence electrons. The maximum atomic E-state index is 11.9. The molecule has 1 unspecified atom stereocenters. The van der Waals surface area contributed by atoms with E-state index in [9.17, 15) is 9.59 Å². The smallest absolute Gasteiger partial charge is 0.246 e. The number of likely N-dealkylation sites (tertiary alicyclic amines) is 2. The number of imide groups is 1. The van der Waals surface area contributed by atoms with Crippen LogP contribution in [-0.2, 0) is 14.3 Å². The molecular formula is C12H20N2O4. The number of nitrogens with zero attached hydrogens (tertiary/aromatic N) is 2. The number of ether oxygens (including phenoxy) is 1. The first-order chi connectivity index (χ1) is 8.63. The summed E-state index contributed by atoms with van der Waals surface area (Å²) in [6.07, 6.45) is 2.17. The fourth-order valence-electron chi connectivity index (χ4n) is 2.59. The molecule has 1 atom stereocenters. The van der Waals surface area contributed by atoms with Gasteiger partial charge in [-0.3, -0.25) is 19.4 Å². The Bertz CT molecular complexity index is 326. The topological polar surface area (TPSA) is 70.1 Å². The monoisotopic (exact) mass is 256 g/mol. The van der Waals surface area contributed by atoms with Gasteiger partial charge < -0.3 is 9.84 Å². The molecule has 0 aromatic rings. The van der Waals surface area contributed by atoms with Gasteiger partial charge in [0, 0.05) is 20.1 Å². The van der Waals surface area contributed by atoms with Gasteiger partial charge in [0.25, 0.3) is 0 Å². The number of likely N-dealkylation sites (N-methyl/N-ethyl adjacent to an activating group) is 1. The standard InChI is InChI=1S/C12H20N2O4/c1-13-11(16)8-10(12(13)17)14-4-2-9(3-5-14)18-7-6-15/h9-10,15H,2-8H2,1H3. The maximum absolute atomic E-state index is 11.9. The molecule has 1 N–H and O–H groups in total. The van der Waals surface area contributed by atoms with Crippen LogP contribution < -0.4 is 0 Å². The highest BCUT2D eigenvalue weighted by atomic mass is 16.5. The number of amides is 2. The summed E-state index contributed by atoms with van der Waals surface area (Å²) in [5, 5.41) is 8.69. The zero-order valence-electron chi connectivity index (χ0n) is 10.7. The number of rotatable bonds is 4. The highest BCUT2D eigenvalue weighted by Gasteiger charge is 2.40. The van der Waals surface area contributed by atoms with Crippen LogP contribution in [0.25, 0.3) is 0 Å². The van der Waals surface area contributed by atoms with E-state index in [0.29, 0.717) is 13.0 Å². The fraction of sp³-hybridized carbons (Fsp3) is 0.833. The van der Waals surface area contributed by atoms with Gasteiger partial charge in [0.1, 0.15) is 0 Å². The molecule has 0 bridgehead atoms. The summed E-state index contributed by atoms with van der Waals surface area (Å²) < 4.78 is 5.47. The number of carbonyl (C=O) groups is 2. The first-order valence-corrected chi connectivity index (χ1v) is 6.40. The van der Waals surface area contributed by atoms with E-state index in [2.05, 4.69) is 4.90 Å². The van der Waals surface area contributed by atoms with Crippen LogP contribution in [0.15, 0.2) is 0 Å². The molecule has 0 aromatic heterocycles. The second kappa shape index (κ2) is 5.77.